The van der Waals surface area contributed by atoms with Gasteiger partial charge in [0, 0.05) is 18.5 Å². The van der Waals surface area contributed by atoms with E-state index in [1.54, 1.807) is 10.9 Å². The summed E-state index contributed by atoms with van der Waals surface area (Å²) in [6, 6.07) is 14.0. The number of nitrogens with one attached hydrogen (secondary N) is 1. The Kier molecular flexibility index (Phi) is 4.29. The van der Waals surface area contributed by atoms with Gasteiger partial charge in [0.05, 0.1) is 18.7 Å². The summed E-state index contributed by atoms with van der Waals surface area (Å²) in [7, 11) is 0. The van der Waals surface area contributed by atoms with E-state index in [9.17, 15) is 4.79 Å². The van der Waals surface area contributed by atoms with Gasteiger partial charge in [-0.2, -0.15) is 5.10 Å². The first-order valence-electron chi connectivity index (χ1n) is 8.60. The number of nitrogens with zero attached hydrogens (tertiary/aromatic N) is 3. The summed E-state index contributed by atoms with van der Waals surface area (Å²) in [5.74, 6) is 0.531. The van der Waals surface area contributed by atoms with Crippen LogP contribution in [0.25, 0.3) is 0 Å². The second-order valence-electron chi connectivity index (χ2n) is 6.40. The maximum absolute atomic E-state index is 12.3. The number of benzene rings is 1. The molecule has 0 unspecified atom stereocenters. The molecule has 2 heterocycles. The molecule has 25 heavy (non-hydrogen) atoms. The van der Waals surface area contributed by atoms with Crippen LogP contribution in [0.1, 0.15) is 28.8 Å². The van der Waals surface area contributed by atoms with Crippen LogP contribution in [-0.2, 0) is 30.6 Å². The van der Waals surface area contributed by atoms with Crippen LogP contribution in [0.4, 0.5) is 5.82 Å². The van der Waals surface area contributed by atoms with Gasteiger partial charge in [0.2, 0.25) is 5.91 Å². The number of hydrogen-bond donors (Lipinski definition) is 1. The zero-order valence-corrected chi connectivity index (χ0v) is 14.0. The first-order chi connectivity index (χ1) is 12.3. The Labute approximate surface area is 146 Å². The van der Waals surface area contributed by atoms with E-state index in [1.807, 2.05) is 30.5 Å². The number of pyridine rings is 1. The van der Waals surface area contributed by atoms with Gasteiger partial charge in [-0.25, -0.2) is 0 Å². The smallest absolute Gasteiger partial charge is 0.229 e. The largest absolute Gasteiger partial charge is 0.309 e. The minimum Gasteiger partial charge on any atom is -0.309 e. The molecule has 0 saturated carbocycles. The fraction of sp³-hybridized carbons (Fsp3) is 0.250. The van der Waals surface area contributed by atoms with E-state index in [-0.39, 0.29) is 5.91 Å². The molecule has 1 aliphatic carbocycles. The fourth-order valence-corrected chi connectivity index (χ4v) is 3.28. The minimum atomic E-state index is -0.0407. The van der Waals surface area contributed by atoms with Crippen LogP contribution in [0.5, 0.6) is 0 Å². The molecule has 5 heteroatoms. The van der Waals surface area contributed by atoms with E-state index in [2.05, 4.69) is 33.6 Å². The monoisotopic (exact) mass is 332 g/mol. The van der Waals surface area contributed by atoms with Crippen molar-refractivity contribution < 1.29 is 4.79 Å². The van der Waals surface area contributed by atoms with Crippen molar-refractivity contribution in [2.24, 2.45) is 0 Å². The average molecular weight is 332 g/mol. The fourth-order valence-electron chi connectivity index (χ4n) is 3.28. The molecule has 1 aliphatic rings. The lowest BCUT2D eigenvalue weighted by Gasteiger charge is -2.05. The number of aryl methyl sites for hydroxylation is 2. The number of carbonyl (C=O) groups excluding carboxylic acids is 1. The lowest BCUT2D eigenvalue weighted by atomic mass is 10.0. The maximum atomic E-state index is 12.3. The first-order valence-corrected chi connectivity index (χ1v) is 8.60. The molecule has 0 spiro atoms. The van der Waals surface area contributed by atoms with Gasteiger partial charge in [0.15, 0.2) is 5.82 Å². The van der Waals surface area contributed by atoms with Crippen molar-refractivity contribution in [1.82, 2.24) is 14.8 Å². The van der Waals surface area contributed by atoms with Crippen molar-refractivity contribution in [2.45, 2.75) is 32.2 Å². The standard InChI is InChI=1S/C20H20N4O/c25-20(13-15-7-8-16-4-3-5-17(16)12-15)22-19-9-11-24(23-19)14-18-6-1-2-10-21-18/h1-2,6-12H,3-5,13-14H2,(H,22,23,25). The molecule has 126 valence electrons. The third-order valence-corrected chi connectivity index (χ3v) is 4.49. The Morgan fingerprint density at radius 2 is 2.04 bits per heavy atom. The summed E-state index contributed by atoms with van der Waals surface area (Å²) >= 11 is 0. The molecule has 1 amide bonds. The Hall–Kier alpha value is -2.95. The summed E-state index contributed by atoms with van der Waals surface area (Å²) < 4.78 is 1.77. The molecule has 0 aliphatic heterocycles. The van der Waals surface area contributed by atoms with Gasteiger partial charge in [-0.1, -0.05) is 24.3 Å². The molecular weight excluding hydrogens is 312 g/mol. The molecule has 4 rings (SSSR count). The Morgan fingerprint density at radius 3 is 2.92 bits per heavy atom. The second-order valence-corrected chi connectivity index (χ2v) is 6.40. The summed E-state index contributed by atoms with van der Waals surface area (Å²) in [5, 5.41) is 7.26. The lowest BCUT2D eigenvalue weighted by molar-refractivity contribution is -0.115. The molecule has 0 saturated heterocycles. The summed E-state index contributed by atoms with van der Waals surface area (Å²) in [5.41, 5.74) is 4.81. The maximum Gasteiger partial charge on any atom is 0.229 e. The Morgan fingerprint density at radius 1 is 1.12 bits per heavy atom. The van der Waals surface area contributed by atoms with Gasteiger partial charge in [0.25, 0.3) is 0 Å². The van der Waals surface area contributed by atoms with Gasteiger partial charge < -0.3 is 5.32 Å². The third-order valence-electron chi connectivity index (χ3n) is 4.49. The molecule has 0 radical (unpaired) electrons. The highest BCUT2D eigenvalue weighted by Crippen LogP contribution is 2.23. The second kappa shape index (κ2) is 6.89. The number of fused-ring (bicyclic) bond motifs is 1. The van der Waals surface area contributed by atoms with E-state index >= 15 is 0 Å². The predicted molar refractivity (Wildman–Crippen MR) is 96.4 cm³/mol. The molecule has 3 aromatic rings. The van der Waals surface area contributed by atoms with Gasteiger partial charge >= 0.3 is 0 Å². The number of amides is 1. The van der Waals surface area contributed by atoms with Crippen molar-refractivity contribution in [2.75, 3.05) is 5.32 Å². The van der Waals surface area contributed by atoms with Crippen LogP contribution >= 0.6 is 0 Å². The van der Waals surface area contributed by atoms with E-state index in [0.717, 1.165) is 24.1 Å². The van der Waals surface area contributed by atoms with Crippen LogP contribution in [0.2, 0.25) is 0 Å². The van der Waals surface area contributed by atoms with E-state index in [4.69, 9.17) is 0 Å². The van der Waals surface area contributed by atoms with Crippen molar-refractivity contribution in [1.29, 1.82) is 0 Å². The van der Waals surface area contributed by atoms with Crippen molar-refractivity contribution in [3.05, 3.63) is 77.2 Å². The average Bonchev–Trinajstić information content (AvgIpc) is 3.24. The number of aromatic nitrogens is 3. The van der Waals surface area contributed by atoms with Gasteiger partial charge in [-0.05, 0) is 48.1 Å². The zero-order valence-electron chi connectivity index (χ0n) is 14.0. The molecule has 0 atom stereocenters. The molecule has 0 bridgehead atoms. The van der Waals surface area contributed by atoms with Crippen molar-refractivity contribution in [3.63, 3.8) is 0 Å². The summed E-state index contributed by atoms with van der Waals surface area (Å²) in [6.07, 6.45) is 7.50. The molecule has 0 fully saturated rings. The van der Waals surface area contributed by atoms with Crippen molar-refractivity contribution in [3.8, 4) is 0 Å². The van der Waals surface area contributed by atoms with Crippen LogP contribution in [-0.4, -0.2) is 20.7 Å². The summed E-state index contributed by atoms with van der Waals surface area (Å²) in [4.78, 5) is 16.6. The number of carbonyl (C=O) groups is 1. The van der Waals surface area contributed by atoms with Crippen molar-refractivity contribution >= 4 is 11.7 Å². The van der Waals surface area contributed by atoms with Gasteiger partial charge in [-0.15, -0.1) is 0 Å². The lowest BCUT2D eigenvalue weighted by Crippen LogP contribution is -2.15. The molecular formula is C20H20N4O. The number of rotatable bonds is 5. The highest BCUT2D eigenvalue weighted by molar-refractivity contribution is 5.91. The van der Waals surface area contributed by atoms with E-state index in [1.165, 1.54) is 17.5 Å². The summed E-state index contributed by atoms with van der Waals surface area (Å²) in [6.45, 7) is 0.585. The zero-order chi connectivity index (χ0) is 17.1. The number of anilines is 1. The third kappa shape index (κ3) is 3.76. The van der Waals surface area contributed by atoms with E-state index < -0.39 is 0 Å². The van der Waals surface area contributed by atoms with Crippen LogP contribution < -0.4 is 5.32 Å². The predicted octanol–water partition coefficient (Wildman–Crippen LogP) is 3.00. The number of hydrogen-bond acceptors (Lipinski definition) is 3. The van der Waals surface area contributed by atoms with Crippen LogP contribution in [0.3, 0.4) is 0 Å². The topological polar surface area (TPSA) is 59.8 Å². The van der Waals surface area contributed by atoms with E-state index in [0.29, 0.717) is 18.8 Å². The quantitative estimate of drug-likeness (QED) is 0.781. The van der Waals surface area contributed by atoms with Crippen LogP contribution in [0.15, 0.2) is 54.9 Å². The molecule has 5 nitrogen and oxygen atoms in total. The molecule has 1 aromatic carbocycles. The SMILES string of the molecule is O=C(Cc1ccc2c(c1)CCC2)Nc1ccn(Cc2ccccn2)n1. The highest BCUT2D eigenvalue weighted by Gasteiger charge is 2.13. The Balaban J connectivity index is 1.36. The first kappa shape index (κ1) is 15.6. The Bertz CT molecular complexity index is 886. The van der Waals surface area contributed by atoms with Gasteiger partial charge in [0.1, 0.15) is 0 Å². The normalized spacial score (nSPS) is 12.8. The van der Waals surface area contributed by atoms with Crippen LogP contribution in [0, 0.1) is 0 Å². The highest BCUT2D eigenvalue weighted by atomic mass is 16.1. The molecule has 1 N–H and O–H groups in total. The van der Waals surface area contributed by atoms with Gasteiger partial charge in [-0.3, -0.25) is 14.5 Å². The minimum absolute atomic E-state index is 0.0407. The molecule has 2 aromatic heterocycles.